The third-order valence-electron chi connectivity index (χ3n) is 2.56. The molecular formula is C11H9ClN4O2S2. The molecule has 3 rings (SSSR count). The summed E-state index contributed by atoms with van der Waals surface area (Å²) in [6.07, 6.45) is 4.69. The fraction of sp³-hybridized carbons (Fsp3) is 0.0909. The molecule has 0 amide bonds. The number of thiazole rings is 1. The monoisotopic (exact) mass is 328 g/mol. The molecule has 0 atom stereocenters. The van der Waals surface area contributed by atoms with Crippen LogP contribution in [-0.2, 0) is 10.0 Å². The Balaban J connectivity index is 2.08. The Bertz CT molecular complexity index is 885. The van der Waals surface area contributed by atoms with E-state index >= 15 is 0 Å². The molecule has 0 unspecified atom stereocenters. The number of hydrogen-bond donors (Lipinski definition) is 1. The average molecular weight is 329 g/mol. The average Bonchev–Trinajstić information content (AvgIpc) is 2.87. The van der Waals surface area contributed by atoms with Gasteiger partial charge in [-0.05, 0) is 18.6 Å². The van der Waals surface area contributed by atoms with Crippen LogP contribution < -0.4 is 4.72 Å². The van der Waals surface area contributed by atoms with Gasteiger partial charge in [0.05, 0.1) is 11.9 Å². The third-order valence-corrected chi connectivity index (χ3v) is 5.10. The second kappa shape index (κ2) is 4.72. The summed E-state index contributed by atoms with van der Waals surface area (Å²) in [5.41, 5.74) is 1.23. The molecule has 0 radical (unpaired) electrons. The van der Waals surface area contributed by atoms with E-state index in [4.69, 9.17) is 11.6 Å². The van der Waals surface area contributed by atoms with Gasteiger partial charge in [0.25, 0.3) is 10.0 Å². The Kier molecular flexibility index (Phi) is 3.15. The van der Waals surface area contributed by atoms with Crippen LogP contribution >= 0.6 is 22.9 Å². The maximum absolute atomic E-state index is 12.4. The zero-order valence-corrected chi connectivity index (χ0v) is 12.6. The molecule has 0 aromatic carbocycles. The summed E-state index contributed by atoms with van der Waals surface area (Å²) in [7, 11) is -3.83. The van der Waals surface area contributed by atoms with Crippen molar-refractivity contribution in [3.63, 3.8) is 0 Å². The van der Waals surface area contributed by atoms with Crippen LogP contribution in [0.2, 0.25) is 5.15 Å². The molecule has 20 heavy (non-hydrogen) atoms. The highest BCUT2D eigenvalue weighted by molar-refractivity contribution is 7.92. The van der Waals surface area contributed by atoms with Gasteiger partial charge in [0.1, 0.15) is 0 Å². The highest BCUT2D eigenvalue weighted by Crippen LogP contribution is 2.27. The molecule has 0 fully saturated rings. The van der Waals surface area contributed by atoms with E-state index in [2.05, 4.69) is 14.7 Å². The van der Waals surface area contributed by atoms with Crippen LogP contribution in [0.4, 0.5) is 5.69 Å². The summed E-state index contributed by atoms with van der Waals surface area (Å²) >= 11 is 7.24. The van der Waals surface area contributed by atoms with Crippen LogP contribution in [0.5, 0.6) is 0 Å². The zero-order valence-electron chi connectivity index (χ0n) is 10.2. The minimum absolute atomic E-state index is 0.0510. The van der Waals surface area contributed by atoms with E-state index in [1.165, 1.54) is 21.9 Å². The van der Waals surface area contributed by atoms with E-state index < -0.39 is 10.0 Å². The second-order valence-corrected chi connectivity index (χ2v) is 6.95. The van der Waals surface area contributed by atoms with Crippen molar-refractivity contribution in [1.82, 2.24) is 14.4 Å². The van der Waals surface area contributed by atoms with Crippen LogP contribution in [0.25, 0.3) is 4.96 Å². The lowest BCUT2D eigenvalue weighted by Gasteiger charge is -2.07. The van der Waals surface area contributed by atoms with Gasteiger partial charge in [-0.15, -0.1) is 11.3 Å². The van der Waals surface area contributed by atoms with Gasteiger partial charge in [-0.25, -0.2) is 4.98 Å². The first-order valence-electron chi connectivity index (χ1n) is 5.53. The molecule has 0 aliphatic carbocycles. The van der Waals surface area contributed by atoms with Crippen molar-refractivity contribution in [2.45, 2.75) is 11.9 Å². The first-order chi connectivity index (χ1) is 9.47. The van der Waals surface area contributed by atoms with E-state index in [9.17, 15) is 8.42 Å². The molecule has 0 saturated carbocycles. The number of pyridine rings is 1. The summed E-state index contributed by atoms with van der Waals surface area (Å²) in [6, 6.07) is 1.68. The van der Waals surface area contributed by atoms with Gasteiger partial charge in [-0.3, -0.25) is 14.1 Å². The van der Waals surface area contributed by atoms with Crippen molar-refractivity contribution in [2.24, 2.45) is 0 Å². The Labute approximate surface area is 124 Å². The molecule has 3 heterocycles. The Morgan fingerprint density at radius 1 is 1.40 bits per heavy atom. The highest BCUT2D eigenvalue weighted by Gasteiger charge is 2.25. The van der Waals surface area contributed by atoms with E-state index in [0.29, 0.717) is 10.6 Å². The minimum Gasteiger partial charge on any atom is -0.278 e. The summed E-state index contributed by atoms with van der Waals surface area (Å²) < 4.78 is 28.8. The van der Waals surface area contributed by atoms with Crippen molar-refractivity contribution in [3.05, 3.63) is 40.8 Å². The smallest absolute Gasteiger partial charge is 0.278 e. The Hall–Kier alpha value is -1.64. The van der Waals surface area contributed by atoms with Crippen LogP contribution in [0.3, 0.4) is 0 Å². The van der Waals surface area contributed by atoms with Crippen LogP contribution in [0.1, 0.15) is 5.56 Å². The van der Waals surface area contributed by atoms with Gasteiger partial charge in [0, 0.05) is 17.8 Å². The largest absolute Gasteiger partial charge is 0.281 e. The van der Waals surface area contributed by atoms with Gasteiger partial charge < -0.3 is 0 Å². The predicted molar refractivity (Wildman–Crippen MR) is 77.9 cm³/mol. The molecule has 1 N–H and O–H groups in total. The molecule has 0 saturated heterocycles. The number of aryl methyl sites for hydroxylation is 1. The predicted octanol–water partition coefficient (Wildman–Crippen LogP) is 2.55. The normalized spacial score (nSPS) is 11.9. The number of nitrogens with one attached hydrogen (secondary N) is 1. The number of nitrogens with zero attached hydrogens (tertiary/aromatic N) is 3. The lowest BCUT2D eigenvalue weighted by molar-refractivity contribution is 0.596. The molecule has 3 aromatic rings. The fourth-order valence-corrected chi connectivity index (χ4v) is 4.28. The van der Waals surface area contributed by atoms with Crippen molar-refractivity contribution < 1.29 is 8.42 Å². The van der Waals surface area contributed by atoms with E-state index in [1.54, 1.807) is 23.8 Å². The number of anilines is 1. The summed E-state index contributed by atoms with van der Waals surface area (Å²) in [5.74, 6) is 0. The number of imidazole rings is 1. The number of hydrogen-bond acceptors (Lipinski definition) is 5. The maximum atomic E-state index is 12.4. The van der Waals surface area contributed by atoms with Gasteiger partial charge >= 0.3 is 0 Å². The zero-order chi connectivity index (χ0) is 14.3. The lowest BCUT2D eigenvalue weighted by atomic mass is 10.3. The molecule has 0 spiro atoms. The molecule has 9 heteroatoms. The first-order valence-corrected chi connectivity index (χ1v) is 8.27. The van der Waals surface area contributed by atoms with Gasteiger partial charge in [0.15, 0.2) is 15.1 Å². The third kappa shape index (κ3) is 2.26. The van der Waals surface area contributed by atoms with E-state index in [0.717, 1.165) is 5.56 Å². The summed E-state index contributed by atoms with van der Waals surface area (Å²) in [5, 5.41) is 1.62. The summed E-state index contributed by atoms with van der Waals surface area (Å²) in [4.78, 5) is 8.48. The maximum Gasteiger partial charge on any atom is 0.281 e. The first kappa shape index (κ1) is 13.3. The van der Waals surface area contributed by atoms with Crippen LogP contribution in [0.15, 0.2) is 35.1 Å². The molecule has 0 bridgehead atoms. The number of halogens is 1. The number of sulfonamides is 1. The Morgan fingerprint density at radius 3 is 2.95 bits per heavy atom. The van der Waals surface area contributed by atoms with Crippen LogP contribution in [0, 0.1) is 6.92 Å². The van der Waals surface area contributed by atoms with Crippen molar-refractivity contribution in [1.29, 1.82) is 0 Å². The van der Waals surface area contributed by atoms with E-state index in [1.807, 2.05) is 6.92 Å². The second-order valence-electron chi connectivity index (χ2n) is 4.12. The number of fused-ring (bicyclic) bond motifs is 1. The Morgan fingerprint density at radius 2 is 2.20 bits per heavy atom. The molecule has 6 nitrogen and oxygen atoms in total. The van der Waals surface area contributed by atoms with Gasteiger partial charge in [-0.1, -0.05) is 11.6 Å². The van der Waals surface area contributed by atoms with Crippen LogP contribution in [-0.4, -0.2) is 22.8 Å². The lowest BCUT2D eigenvalue weighted by Crippen LogP contribution is -2.15. The minimum atomic E-state index is -3.83. The SMILES string of the molecule is Cc1cncc(NS(=O)(=O)c2c(Cl)nc3sccn23)c1. The van der Waals surface area contributed by atoms with Crippen molar-refractivity contribution in [2.75, 3.05) is 4.72 Å². The standard InChI is InChI=1S/C11H9ClN4O2S2/c1-7-4-8(6-13-5-7)15-20(17,18)10-9(12)14-11-16(10)2-3-19-11/h2-6,15H,1H3. The molecule has 0 aliphatic heterocycles. The quantitative estimate of drug-likeness (QED) is 0.801. The number of aromatic nitrogens is 3. The highest BCUT2D eigenvalue weighted by atomic mass is 35.5. The van der Waals surface area contributed by atoms with Crippen molar-refractivity contribution in [3.8, 4) is 0 Å². The molecule has 104 valence electrons. The number of rotatable bonds is 3. The van der Waals surface area contributed by atoms with Gasteiger partial charge in [-0.2, -0.15) is 8.42 Å². The molecule has 3 aromatic heterocycles. The molecular weight excluding hydrogens is 320 g/mol. The van der Waals surface area contributed by atoms with Crippen molar-refractivity contribution >= 4 is 43.6 Å². The molecule has 0 aliphatic rings. The fourth-order valence-electron chi connectivity index (χ4n) is 1.79. The van der Waals surface area contributed by atoms with Gasteiger partial charge in [0.2, 0.25) is 0 Å². The topological polar surface area (TPSA) is 76.4 Å². The van der Waals surface area contributed by atoms with E-state index in [-0.39, 0.29) is 10.2 Å². The summed E-state index contributed by atoms with van der Waals surface area (Å²) in [6.45, 7) is 1.83.